The first-order valence-corrected chi connectivity index (χ1v) is 4.19. The Kier molecular flexibility index (Phi) is 3.46. The van der Waals surface area contributed by atoms with E-state index in [1.165, 1.54) is 0 Å². The SMILES string of the molecule is CCC(CCl)OCC1CO1. The maximum atomic E-state index is 5.61. The van der Waals surface area contributed by atoms with Crippen LogP contribution in [-0.2, 0) is 9.47 Å². The molecule has 0 amide bonds. The van der Waals surface area contributed by atoms with Crippen molar-refractivity contribution in [3.8, 4) is 0 Å². The van der Waals surface area contributed by atoms with E-state index >= 15 is 0 Å². The van der Waals surface area contributed by atoms with E-state index in [0.717, 1.165) is 13.0 Å². The fourth-order valence-corrected chi connectivity index (χ4v) is 0.986. The van der Waals surface area contributed by atoms with E-state index in [2.05, 4.69) is 6.92 Å². The number of halogens is 1. The van der Waals surface area contributed by atoms with Gasteiger partial charge in [-0.2, -0.15) is 0 Å². The largest absolute Gasteiger partial charge is 0.374 e. The molecule has 1 saturated heterocycles. The Balaban J connectivity index is 1.97. The molecule has 10 heavy (non-hydrogen) atoms. The molecule has 0 N–H and O–H groups in total. The summed E-state index contributed by atoms with van der Waals surface area (Å²) in [5.74, 6) is 0.587. The normalized spacial score (nSPS) is 26.4. The molecule has 0 aromatic heterocycles. The zero-order valence-corrected chi connectivity index (χ0v) is 6.93. The second kappa shape index (κ2) is 4.16. The Bertz CT molecular complexity index is 89.6. The highest BCUT2D eigenvalue weighted by molar-refractivity contribution is 6.18. The van der Waals surface area contributed by atoms with Crippen LogP contribution in [0.1, 0.15) is 13.3 Å². The first kappa shape index (κ1) is 8.31. The number of hydrogen-bond acceptors (Lipinski definition) is 2. The van der Waals surface area contributed by atoms with Crippen LogP contribution < -0.4 is 0 Å². The Hall–Kier alpha value is 0.210. The molecule has 0 spiro atoms. The molecular weight excluding hydrogens is 152 g/mol. The fraction of sp³-hybridized carbons (Fsp3) is 1.00. The summed E-state index contributed by atoms with van der Waals surface area (Å²) in [6.07, 6.45) is 1.55. The lowest BCUT2D eigenvalue weighted by atomic mass is 10.3. The highest BCUT2D eigenvalue weighted by atomic mass is 35.5. The van der Waals surface area contributed by atoms with Crippen molar-refractivity contribution in [3.63, 3.8) is 0 Å². The summed E-state index contributed by atoms with van der Waals surface area (Å²) in [6.45, 7) is 3.64. The monoisotopic (exact) mass is 164 g/mol. The van der Waals surface area contributed by atoms with Crippen molar-refractivity contribution < 1.29 is 9.47 Å². The molecule has 2 nitrogen and oxygen atoms in total. The van der Waals surface area contributed by atoms with E-state index in [1.54, 1.807) is 0 Å². The van der Waals surface area contributed by atoms with Gasteiger partial charge in [0.1, 0.15) is 6.10 Å². The number of rotatable bonds is 5. The zero-order chi connectivity index (χ0) is 7.40. The predicted molar refractivity (Wildman–Crippen MR) is 40.5 cm³/mol. The lowest BCUT2D eigenvalue weighted by molar-refractivity contribution is 0.0545. The van der Waals surface area contributed by atoms with Crippen LogP contribution >= 0.6 is 11.6 Å². The average Bonchev–Trinajstić information content (AvgIpc) is 2.74. The standard InChI is InChI=1S/C7H13ClO2/c1-2-6(3-8)9-4-7-5-10-7/h6-7H,2-5H2,1H3. The Morgan fingerprint density at radius 3 is 2.90 bits per heavy atom. The van der Waals surface area contributed by atoms with Crippen molar-refractivity contribution in [3.05, 3.63) is 0 Å². The molecule has 1 aliphatic rings. The Morgan fingerprint density at radius 1 is 1.80 bits per heavy atom. The van der Waals surface area contributed by atoms with Gasteiger partial charge in [0.25, 0.3) is 0 Å². The summed E-state index contributed by atoms with van der Waals surface area (Å²) in [5, 5.41) is 0. The van der Waals surface area contributed by atoms with E-state index < -0.39 is 0 Å². The molecule has 0 aromatic carbocycles. The molecule has 0 saturated carbocycles. The zero-order valence-electron chi connectivity index (χ0n) is 6.18. The van der Waals surface area contributed by atoms with Crippen LogP contribution in [0.3, 0.4) is 0 Å². The smallest absolute Gasteiger partial charge is 0.104 e. The van der Waals surface area contributed by atoms with E-state index in [0.29, 0.717) is 18.6 Å². The lowest BCUT2D eigenvalue weighted by Gasteiger charge is -2.10. The molecule has 1 aliphatic heterocycles. The molecule has 0 radical (unpaired) electrons. The molecule has 60 valence electrons. The third-order valence-corrected chi connectivity index (χ3v) is 1.89. The van der Waals surface area contributed by atoms with Crippen LogP contribution in [0.15, 0.2) is 0 Å². The quantitative estimate of drug-likeness (QED) is 0.453. The Labute approximate surface area is 66.5 Å². The van der Waals surface area contributed by atoms with Crippen LogP contribution in [0.5, 0.6) is 0 Å². The summed E-state index contributed by atoms with van der Waals surface area (Å²) >= 11 is 5.61. The minimum absolute atomic E-state index is 0.214. The summed E-state index contributed by atoms with van der Waals surface area (Å²) in [6, 6.07) is 0. The third-order valence-electron chi connectivity index (χ3n) is 1.55. The predicted octanol–water partition coefficient (Wildman–Crippen LogP) is 1.42. The molecule has 1 fully saturated rings. The van der Waals surface area contributed by atoms with Crippen molar-refractivity contribution in [2.24, 2.45) is 0 Å². The number of epoxide rings is 1. The van der Waals surface area contributed by atoms with Gasteiger partial charge in [0.05, 0.1) is 19.3 Å². The van der Waals surface area contributed by atoms with Gasteiger partial charge in [0.2, 0.25) is 0 Å². The van der Waals surface area contributed by atoms with Crippen molar-refractivity contribution >= 4 is 11.6 Å². The average molecular weight is 165 g/mol. The molecule has 0 aliphatic carbocycles. The van der Waals surface area contributed by atoms with E-state index in [4.69, 9.17) is 21.1 Å². The summed E-state index contributed by atoms with van der Waals surface area (Å²) in [7, 11) is 0. The first-order valence-electron chi connectivity index (χ1n) is 3.66. The summed E-state index contributed by atoms with van der Waals surface area (Å²) in [4.78, 5) is 0. The molecule has 2 atom stereocenters. The number of alkyl halides is 1. The molecule has 0 bridgehead atoms. The summed E-state index contributed by atoms with van der Waals surface area (Å²) in [5.41, 5.74) is 0. The van der Waals surface area contributed by atoms with Gasteiger partial charge in [0.15, 0.2) is 0 Å². The van der Waals surface area contributed by atoms with E-state index in [9.17, 15) is 0 Å². The second-order valence-electron chi connectivity index (χ2n) is 2.47. The van der Waals surface area contributed by atoms with Crippen molar-refractivity contribution in [2.45, 2.75) is 25.6 Å². The highest BCUT2D eigenvalue weighted by Gasteiger charge is 2.23. The molecule has 3 heteroatoms. The van der Waals surface area contributed by atoms with E-state index in [1.807, 2.05) is 0 Å². The molecule has 0 aromatic rings. The van der Waals surface area contributed by atoms with Crippen molar-refractivity contribution in [1.82, 2.24) is 0 Å². The van der Waals surface area contributed by atoms with Crippen LogP contribution in [-0.4, -0.2) is 31.3 Å². The van der Waals surface area contributed by atoms with Crippen molar-refractivity contribution in [2.75, 3.05) is 19.1 Å². The van der Waals surface area contributed by atoms with Gasteiger partial charge in [0, 0.05) is 5.88 Å². The minimum Gasteiger partial charge on any atom is -0.374 e. The molecule has 1 rings (SSSR count). The Morgan fingerprint density at radius 2 is 2.50 bits per heavy atom. The fourth-order valence-electron chi connectivity index (χ4n) is 0.679. The van der Waals surface area contributed by atoms with Crippen LogP contribution in [0.2, 0.25) is 0 Å². The van der Waals surface area contributed by atoms with Gasteiger partial charge in [-0.3, -0.25) is 0 Å². The van der Waals surface area contributed by atoms with Gasteiger partial charge in [-0.25, -0.2) is 0 Å². The molecule has 1 heterocycles. The summed E-state index contributed by atoms with van der Waals surface area (Å²) < 4.78 is 10.4. The van der Waals surface area contributed by atoms with Crippen LogP contribution in [0.25, 0.3) is 0 Å². The van der Waals surface area contributed by atoms with E-state index in [-0.39, 0.29) is 6.10 Å². The van der Waals surface area contributed by atoms with Crippen molar-refractivity contribution in [1.29, 1.82) is 0 Å². The second-order valence-corrected chi connectivity index (χ2v) is 2.78. The maximum absolute atomic E-state index is 5.61. The highest BCUT2D eigenvalue weighted by Crippen LogP contribution is 2.11. The van der Waals surface area contributed by atoms with Gasteiger partial charge >= 0.3 is 0 Å². The first-order chi connectivity index (χ1) is 4.86. The molecular formula is C7H13ClO2. The van der Waals surface area contributed by atoms with Gasteiger partial charge in [-0.05, 0) is 6.42 Å². The third kappa shape index (κ3) is 2.86. The van der Waals surface area contributed by atoms with Crippen LogP contribution in [0.4, 0.5) is 0 Å². The van der Waals surface area contributed by atoms with Gasteiger partial charge in [-0.1, -0.05) is 6.92 Å². The van der Waals surface area contributed by atoms with Gasteiger partial charge in [-0.15, -0.1) is 11.6 Å². The number of ether oxygens (including phenoxy) is 2. The number of hydrogen-bond donors (Lipinski definition) is 0. The van der Waals surface area contributed by atoms with Gasteiger partial charge < -0.3 is 9.47 Å². The molecule has 2 unspecified atom stereocenters. The lowest BCUT2D eigenvalue weighted by Crippen LogP contribution is -2.16. The minimum atomic E-state index is 0.214. The van der Waals surface area contributed by atoms with Crippen LogP contribution in [0, 0.1) is 0 Å². The topological polar surface area (TPSA) is 21.8 Å². The maximum Gasteiger partial charge on any atom is 0.104 e.